The molecular formula is C21H24FNO. The molecule has 0 bridgehead atoms. The fourth-order valence-electron chi connectivity index (χ4n) is 4.21. The van der Waals surface area contributed by atoms with Crippen LogP contribution in [0, 0.1) is 0 Å². The molecule has 0 aromatic heterocycles. The Morgan fingerprint density at radius 2 is 1.71 bits per heavy atom. The van der Waals surface area contributed by atoms with E-state index in [2.05, 4.69) is 53.4 Å². The zero-order chi connectivity index (χ0) is 16.4. The normalized spacial score (nSPS) is 22.6. The van der Waals surface area contributed by atoms with E-state index in [9.17, 15) is 4.39 Å². The molecule has 2 aliphatic heterocycles. The minimum atomic E-state index is -0.324. The van der Waals surface area contributed by atoms with Crippen LogP contribution < -0.4 is 0 Å². The number of rotatable bonds is 4. The average molecular weight is 325 g/mol. The number of halogens is 1. The van der Waals surface area contributed by atoms with Gasteiger partial charge in [0.1, 0.15) is 0 Å². The van der Waals surface area contributed by atoms with Crippen molar-refractivity contribution in [3.8, 4) is 0 Å². The Morgan fingerprint density at radius 1 is 1.00 bits per heavy atom. The second-order valence-corrected chi connectivity index (χ2v) is 6.93. The van der Waals surface area contributed by atoms with Crippen molar-refractivity contribution in [1.82, 2.24) is 4.90 Å². The number of fused-ring (bicyclic) bond motifs is 2. The van der Waals surface area contributed by atoms with E-state index in [1.807, 2.05) is 6.07 Å². The van der Waals surface area contributed by atoms with Gasteiger partial charge in [-0.15, -0.1) is 0 Å². The van der Waals surface area contributed by atoms with Gasteiger partial charge in [-0.2, -0.15) is 0 Å². The third-order valence-corrected chi connectivity index (χ3v) is 5.45. The summed E-state index contributed by atoms with van der Waals surface area (Å²) in [6, 6.07) is 19.0. The molecule has 2 nitrogen and oxygen atoms in total. The summed E-state index contributed by atoms with van der Waals surface area (Å²) in [5, 5.41) is 0. The van der Waals surface area contributed by atoms with Crippen LogP contribution in [0.2, 0.25) is 0 Å². The van der Waals surface area contributed by atoms with Crippen LogP contribution in [0.15, 0.2) is 54.6 Å². The summed E-state index contributed by atoms with van der Waals surface area (Å²) < 4.78 is 19.3. The minimum Gasteiger partial charge on any atom is -0.362 e. The fourth-order valence-corrected chi connectivity index (χ4v) is 4.21. The Balaban J connectivity index is 1.48. The summed E-state index contributed by atoms with van der Waals surface area (Å²) in [4.78, 5) is 2.50. The Bertz CT molecular complexity index is 679. The van der Waals surface area contributed by atoms with E-state index in [4.69, 9.17) is 4.74 Å². The topological polar surface area (TPSA) is 12.5 Å². The largest absolute Gasteiger partial charge is 0.362 e. The molecule has 0 unspecified atom stereocenters. The summed E-state index contributed by atoms with van der Waals surface area (Å²) in [7, 11) is 0. The number of benzene rings is 2. The van der Waals surface area contributed by atoms with Crippen LogP contribution in [-0.4, -0.2) is 24.7 Å². The SMILES string of the molecule is FCC[C@H]1OC2(CCN(Cc3ccccc3)CC2)c2ccccc21. The molecule has 1 spiro atoms. The van der Waals surface area contributed by atoms with Gasteiger partial charge in [0.15, 0.2) is 0 Å². The molecule has 1 atom stereocenters. The molecule has 2 aromatic rings. The van der Waals surface area contributed by atoms with Crippen molar-refractivity contribution in [1.29, 1.82) is 0 Å². The number of hydrogen-bond donors (Lipinski definition) is 0. The lowest BCUT2D eigenvalue weighted by Crippen LogP contribution is -2.42. The predicted octanol–water partition coefficient (Wildman–Crippen LogP) is 4.61. The second-order valence-electron chi connectivity index (χ2n) is 6.93. The summed E-state index contributed by atoms with van der Waals surface area (Å²) in [5.41, 5.74) is 3.65. The van der Waals surface area contributed by atoms with Gasteiger partial charge in [-0.05, 0) is 29.5 Å². The van der Waals surface area contributed by atoms with Gasteiger partial charge in [0.25, 0.3) is 0 Å². The molecule has 1 saturated heterocycles. The van der Waals surface area contributed by atoms with Gasteiger partial charge in [0.05, 0.1) is 18.4 Å². The first-order valence-electron chi connectivity index (χ1n) is 8.90. The highest BCUT2D eigenvalue weighted by molar-refractivity contribution is 5.38. The Kier molecular flexibility index (Phi) is 4.38. The lowest BCUT2D eigenvalue weighted by Gasteiger charge is -2.40. The molecule has 0 aliphatic carbocycles. The zero-order valence-corrected chi connectivity index (χ0v) is 14.0. The first-order chi connectivity index (χ1) is 11.8. The molecule has 126 valence electrons. The highest BCUT2D eigenvalue weighted by Crippen LogP contribution is 2.50. The van der Waals surface area contributed by atoms with E-state index in [1.165, 1.54) is 16.7 Å². The van der Waals surface area contributed by atoms with Gasteiger partial charge >= 0.3 is 0 Å². The van der Waals surface area contributed by atoms with Crippen molar-refractivity contribution in [2.45, 2.75) is 37.5 Å². The molecule has 4 rings (SSSR count). The average Bonchev–Trinajstić information content (AvgIpc) is 2.93. The van der Waals surface area contributed by atoms with Gasteiger partial charge in [-0.1, -0.05) is 54.6 Å². The van der Waals surface area contributed by atoms with Crippen LogP contribution >= 0.6 is 0 Å². The predicted molar refractivity (Wildman–Crippen MR) is 93.5 cm³/mol. The molecular weight excluding hydrogens is 301 g/mol. The maximum atomic E-state index is 12.9. The van der Waals surface area contributed by atoms with E-state index in [1.54, 1.807) is 0 Å². The van der Waals surface area contributed by atoms with Crippen LogP contribution in [0.3, 0.4) is 0 Å². The van der Waals surface area contributed by atoms with Crippen LogP contribution in [0.5, 0.6) is 0 Å². The van der Waals surface area contributed by atoms with Crippen molar-refractivity contribution < 1.29 is 9.13 Å². The van der Waals surface area contributed by atoms with Crippen LogP contribution in [0.4, 0.5) is 4.39 Å². The third-order valence-electron chi connectivity index (χ3n) is 5.45. The maximum absolute atomic E-state index is 12.9. The highest BCUT2D eigenvalue weighted by Gasteiger charge is 2.46. The zero-order valence-electron chi connectivity index (χ0n) is 14.0. The first kappa shape index (κ1) is 15.8. The summed E-state index contributed by atoms with van der Waals surface area (Å²) in [6.07, 6.45) is 2.36. The van der Waals surface area contributed by atoms with Gasteiger partial charge in [-0.3, -0.25) is 9.29 Å². The number of nitrogens with zero attached hydrogens (tertiary/aromatic N) is 1. The number of ether oxygens (including phenoxy) is 1. The lowest BCUT2D eigenvalue weighted by molar-refractivity contribution is -0.113. The Labute approximate surface area is 143 Å². The maximum Gasteiger partial charge on any atom is 0.0967 e. The Morgan fingerprint density at radius 3 is 2.46 bits per heavy atom. The smallest absolute Gasteiger partial charge is 0.0967 e. The lowest BCUT2D eigenvalue weighted by atomic mass is 9.83. The second kappa shape index (κ2) is 6.66. The fraction of sp³-hybridized carbons (Fsp3) is 0.429. The van der Waals surface area contributed by atoms with Crippen molar-refractivity contribution in [2.24, 2.45) is 0 Å². The van der Waals surface area contributed by atoms with E-state index < -0.39 is 0 Å². The van der Waals surface area contributed by atoms with E-state index in [-0.39, 0.29) is 18.4 Å². The molecule has 0 saturated carbocycles. The molecule has 2 aromatic carbocycles. The van der Waals surface area contributed by atoms with Crippen molar-refractivity contribution in [3.63, 3.8) is 0 Å². The molecule has 0 N–H and O–H groups in total. The molecule has 1 fully saturated rings. The minimum absolute atomic E-state index is 0.0770. The van der Waals surface area contributed by atoms with Crippen molar-refractivity contribution in [3.05, 3.63) is 71.3 Å². The summed E-state index contributed by atoms with van der Waals surface area (Å²) >= 11 is 0. The highest BCUT2D eigenvalue weighted by atomic mass is 19.1. The molecule has 0 amide bonds. The van der Waals surface area contributed by atoms with Crippen molar-refractivity contribution >= 4 is 0 Å². The number of likely N-dealkylation sites (tertiary alicyclic amines) is 1. The van der Waals surface area contributed by atoms with E-state index in [0.717, 1.165) is 32.5 Å². The quantitative estimate of drug-likeness (QED) is 0.814. The molecule has 0 radical (unpaired) electrons. The molecule has 24 heavy (non-hydrogen) atoms. The number of piperidine rings is 1. The van der Waals surface area contributed by atoms with Crippen LogP contribution in [-0.2, 0) is 16.9 Å². The first-order valence-corrected chi connectivity index (χ1v) is 8.90. The monoisotopic (exact) mass is 325 g/mol. The summed E-state index contributed by atoms with van der Waals surface area (Å²) in [5.74, 6) is 0. The van der Waals surface area contributed by atoms with Crippen LogP contribution in [0.25, 0.3) is 0 Å². The Hall–Kier alpha value is -1.71. The number of alkyl halides is 1. The van der Waals surface area contributed by atoms with E-state index >= 15 is 0 Å². The van der Waals surface area contributed by atoms with Gasteiger partial charge in [0, 0.05) is 26.1 Å². The number of hydrogen-bond acceptors (Lipinski definition) is 2. The third kappa shape index (κ3) is 2.87. The summed E-state index contributed by atoms with van der Waals surface area (Å²) in [6.45, 7) is 2.71. The molecule has 3 heteroatoms. The van der Waals surface area contributed by atoms with Crippen molar-refractivity contribution in [2.75, 3.05) is 19.8 Å². The van der Waals surface area contributed by atoms with Gasteiger partial charge in [-0.25, -0.2) is 0 Å². The molecule has 2 heterocycles. The standard InChI is InChI=1S/C21H24FNO/c22-13-10-20-18-8-4-5-9-19(18)21(24-20)11-14-23(15-12-21)16-17-6-2-1-3-7-17/h1-9,20H,10-16H2/t20-/m1/s1. The van der Waals surface area contributed by atoms with Gasteiger partial charge in [0.2, 0.25) is 0 Å². The van der Waals surface area contributed by atoms with Gasteiger partial charge < -0.3 is 4.74 Å². The molecule has 2 aliphatic rings. The van der Waals surface area contributed by atoms with Crippen LogP contribution in [0.1, 0.15) is 42.1 Å². The van der Waals surface area contributed by atoms with E-state index in [0.29, 0.717) is 6.42 Å².